The predicted molar refractivity (Wildman–Crippen MR) is 81.0 cm³/mol. The Morgan fingerprint density at radius 1 is 0.895 bits per heavy atom. The van der Waals surface area contributed by atoms with E-state index in [1.165, 1.54) is 6.07 Å². The van der Waals surface area contributed by atoms with E-state index in [2.05, 4.69) is 0 Å². The molecule has 0 aliphatic rings. The molecule has 0 radical (unpaired) electrons. The van der Waals surface area contributed by atoms with Crippen molar-refractivity contribution in [1.29, 1.82) is 0 Å². The fourth-order valence-electron chi connectivity index (χ4n) is 1.69. The summed E-state index contributed by atoms with van der Waals surface area (Å²) in [5, 5.41) is 0.678. The smallest absolute Gasteiger partial charge is 0.170 e. The normalized spacial score (nSPS) is 10.5. The van der Waals surface area contributed by atoms with Gasteiger partial charge in [-0.25, -0.2) is 0 Å². The summed E-state index contributed by atoms with van der Waals surface area (Å²) in [6.07, 6.45) is 0.207. The number of hydrogen-bond acceptors (Lipinski definition) is 1. The molecule has 0 saturated heterocycles. The van der Waals surface area contributed by atoms with Crippen LogP contribution in [0.3, 0.4) is 0 Å². The molecule has 0 atom stereocenters. The van der Waals surface area contributed by atoms with Crippen molar-refractivity contribution in [2.45, 2.75) is 6.42 Å². The van der Waals surface area contributed by atoms with Crippen LogP contribution in [0.25, 0.3) is 0 Å². The van der Waals surface area contributed by atoms with E-state index in [-0.39, 0.29) is 37.9 Å². The first-order valence-electron chi connectivity index (χ1n) is 5.41. The maximum absolute atomic E-state index is 12.2. The van der Waals surface area contributed by atoms with Crippen LogP contribution in [0.5, 0.6) is 0 Å². The van der Waals surface area contributed by atoms with Crippen molar-refractivity contribution in [3.05, 3.63) is 67.6 Å². The second-order valence-electron chi connectivity index (χ2n) is 3.93. The van der Waals surface area contributed by atoms with Gasteiger partial charge in [0.05, 0.1) is 25.7 Å². The lowest BCUT2D eigenvalue weighted by molar-refractivity contribution is 0.0993. The van der Waals surface area contributed by atoms with Gasteiger partial charge in [-0.3, -0.25) is 4.79 Å². The number of ketones is 1. The average Bonchev–Trinajstić information content (AvgIpc) is 2.37. The SMILES string of the molecule is O=C(Cc1ccccc1)c1c(Cl)cc(Cl)c(Cl)c1Cl. The van der Waals surface area contributed by atoms with Crippen molar-refractivity contribution < 1.29 is 4.79 Å². The third-order valence-electron chi connectivity index (χ3n) is 2.60. The fourth-order valence-corrected chi connectivity index (χ4v) is 2.81. The molecular formula is C14H8Cl4O. The Bertz CT molecular complexity index is 623. The summed E-state index contributed by atoms with van der Waals surface area (Å²) in [5.74, 6) is -0.195. The molecule has 0 spiro atoms. The summed E-state index contributed by atoms with van der Waals surface area (Å²) in [6.45, 7) is 0. The second kappa shape index (κ2) is 6.15. The monoisotopic (exact) mass is 332 g/mol. The molecule has 0 saturated carbocycles. The lowest BCUT2D eigenvalue weighted by Crippen LogP contribution is -2.05. The standard InChI is InChI=1S/C14H8Cl4O/c15-9-7-10(16)13(17)14(18)12(9)11(19)6-8-4-2-1-3-5-8/h1-5,7H,6H2. The van der Waals surface area contributed by atoms with E-state index < -0.39 is 0 Å². The molecule has 0 heterocycles. The number of carbonyl (C=O) groups excluding carboxylic acids is 1. The maximum atomic E-state index is 12.2. The molecule has 0 aromatic heterocycles. The van der Waals surface area contributed by atoms with Crippen molar-refractivity contribution in [1.82, 2.24) is 0 Å². The van der Waals surface area contributed by atoms with E-state index >= 15 is 0 Å². The number of halogens is 4. The molecular weight excluding hydrogens is 326 g/mol. The van der Waals surface area contributed by atoms with Crippen LogP contribution in [-0.4, -0.2) is 5.78 Å². The Kier molecular flexibility index (Phi) is 4.75. The minimum absolute atomic E-state index is 0.0973. The summed E-state index contributed by atoms with van der Waals surface area (Å²) in [6, 6.07) is 10.7. The lowest BCUT2D eigenvalue weighted by Gasteiger charge is -2.09. The van der Waals surface area contributed by atoms with Gasteiger partial charge < -0.3 is 0 Å². The van der Waals surface area contributed by atoms with E-state index in [0.29, 0.717) is 0 Å². The summed E-state index contributed by atoms with van der Waals surface area (Å²) >= 11 is 23.8. The highest BCUT2D eigenvalue weighted by molar-refractivity contribution is 6.51. The molecule has 0 amide bonds. The Morgan fingerprint density at radius 2 is 1.53 bits per heavy atom. The molecule has 98 valence electrons. The number of hydrogen-bond donors (Lipinski definition) is 0. The minimum Gasteiger partial charge on any atom is -0.294 e. The number of Topliss-reactive ketones (excluding diaryl/α,β-unsaturated/α-hetero) is 1. The lowest BCUT2D eigenvalue weighted by atomic mass is 10.0. The fraction of sp³-hybridized carbons (Fsp3) is 0.0714. The summed E-state index contributed by atoms with van der Waals surface area (Å²) in [5.41, 5.74) is 1.09. The Hall–Kier alpha value is -0.730. The quantitative estimate of drug-likeness (QED) is 0.398. The summed E-state index contributed by atoms with van der Waals surface area (Å²) in [4.78, 5) is 12.2. The molecule has 2 rings (SSSR count). The van der Waals surface area contributed by atoms with Crippen molar-refractivity contribution in [2.24, 2.45) is 0 Å². The molecule has 0 aliphatic carbocycles. The van der Waals surface area contributed by atoms with E-state index in [1.54, 1.807) is 0 Å². The van der Waals surface area contributed by atoms with Gasteiger partial charge in [0.15, 0.2) is 5.78 Å². The third-order valence-corrected chi connectivity index (χ3v) is 4.16. The largest absolute Gasteiger partial charge is 0.294 e. The van der Waals surface area contributed by atoms with Crippen molar-refractivity contribution in [3.8, 4) is 0 Å². The van der Waals surface area contributed by atoms with Crippen LogP contribution >= 0.6 is 46.4 Å². The maximum Gasteiger partial charge on any atom is 0.170 e. The Balaban J connectivity index is 2.37. The molecule has 2 aromatic rings. The molecule has 0 fully saturated rings. The Labute approximate surface area is 131 Å². The number of carbonyl (C=O) groups is 1. The average molecular weight is 334 g/mol. The molecule has 0 unspecified atom stereocenters. The summed E-state index contributed by atoms with van der Waals surface area (Å²) < 4.78 is 0. The first kappa shape index (κ1) is 14.7. The van der Waals surface area contributed by atoms with Crippen molar-refractivity contribution in [3.63, 3.8) is 0 Å². The third kappa shape index (κ3) is 3.24. The molecule has 0 bridgehead atoms. The van der Waals surface area contributed by atoms with Gasteiger partial charge in [-0.2, -0.15) is 0 Å². The van der Waals surface area contributed by atoms with E-state index in [0.717, 1.165) is 5.56 Å². The van der Waals surface area contributed by atoms with Gasteiger partial charge in [-0.15, -0.1) is 0 Å². The van der Waals surface area contributed by atoms with Gasteiger partial charge in [-0.1, -0.05) is 76.7 Å². The first-order valence-corrected chi connectivity index (χ1v) is 6.92. The second-order valence-corrected chi connectivity index (χ2v) is 5.50. The van der Waals surface area contributed by atoms with Crippen LogP contribution in [-0.2, 0) is 6.42 Å². The zero-order valence-electron chi connectivity index (χ0n) is 9.59. The highest BCUT2D eigenvalue weighted by Gasteiger charge is 2.19. The molecule has 19 heavy (non-hydrogen) atoms. The highest BCUT2D eigenvalue weighted by atomic mass is 35.5. The molecule has 0 aliphatic heterocycles. The van der Waals surface area contributed by atoms with E-state index in [1.807, 2.05) is 30.3 Å². The highest BCUT2D eigenvalue weighted by Crippen LogP contribution is 2.37. The zero-order valence-corrected chi connectivity index (χ0v) is 12.6. The summed E-state index contributed by atoms with van der Waals surface area (Å²) in [7, 11) is 0. The van der Waals surface area contributed by atoms with Crippen LogP contribution in [0.1, 0.15) is 15.9 Å². The Morgan fingerprint density at radius 3 is 2.16 bits per heavy atom. The molecule has 0 N–H and O–H groups in total. The van der Waals surface area contributed by atoms with Crippen LogP contribution < -0.4 is 0 Å². The zero-order chi connectivity index (χ0) is 14.0. The van der Waals surface area contributed by atoms with Crippen molar-refractivity contribution >= 4 is 52.2 Å². The van der Waals surface area contributed by atoms with Crippen LogP contribution in [0.4, 0.5) is 0 Å². The van der Waals surface area contributed by atoms with Gasteiger partial charge in [-0.05, 0) is 11.6 Å². The molecule has 5 heteroatoms. The van der Waals surface area contributed by atoms with E-state index in [4.69, 9.17) is 46.4 Å². The van der Waals surface area contributed by atoms with Gasteiger partial charge in [0, 0.05) is 6.42 Å². The number of benzene rings is 2. The van der Waals surface area contributed by atoms with Crippen LogP contribution in [0.2, 0.25) is 20.1 Å². The molecule has 2 aromatic carbocycles. The van der Waals surface area contributed by atoms with Crippen molar-refractivity contribution in [2.75, 3.05) is 0 Å². The van der Waals surface area contributed by atoms with Gasteiger partial charge >= 0.3 is 0 Å². The van der Waals surface area contributed by atoms with Gasteiger partial charge in [0.25, 0.3) is 0 Å². The van der Waals surface area contributed by atoms with Gasteiger partial charge in [0.1, 0.15) is 0 Å². The molecule has 1 nitrogen and oxygen atoms in total. The van der Waals surface area contributed by atoms with Crippen LogP contribution in [0.15, 0.2) is 36.4 Å². The predicted octanol–water partition coefficient (Wildman–Crippen LogP) is 5.73. The topological polar surface area (TPSA) is 17.1 Å². The number of rotatable bonds is 3. The van der Waals surface area contributed by atoms with E-state index in [9.17, 15) is 4.79 Å². The van der Waals surface area contributed by atoms with Crippen LogP contribution in [0, 0.1) is 0 Å². The first-order chi connectivity index (χ1) is 9.00. The minimum atomic E-state index is -0.195. The van der Waals surface area contributed by atoms with Gasteiger partial charge in [0.2, 0.25) is 0 Å².